The Labute approximate surface area is 91.8 Å². The number of amides is 1. The quantitative estimate of drug-likeness (QED) is 0.589. The lowest BCUT2D eigenvalue weighted by atomic mass is 10.3. The van der Waals surface area contributed by atoms with Crippen LogP contribution in [0.1, 0.15) is 0 Å². The van der Waals surface area contributed by atoms with Crippen LogP contribution in [0, 0.1) is 0 Å². The van der Waals surface area contributed by atoms with E-state index in [9.17, 15) is 4.79 Å². The van der Waals surface area contributed by atoms with Crippen LogP contribution in [0.3, 0.4) is 0 Å². The summed E-state index contributed by atoms with van der Waals surface area (Å²) in [5, 5.41) is 6.22. The number of piperazine rings is 1. The lowest BCUT2D eigenvalue weighted by Gasteiger charge is -2.27. The van der Waals surface area contributed by atoms with Crippen molar-refractivity contribution in [2.24, 2.45) is 0 Å². The first-order valence-corrected chi connectivity index (χ1v) is 5.53. The molecule has 1 fully saturated rings. The van der Waals surface area contributed by atoms with E-state index in [0.717, 1.165) is 39.3 Å². The lowest BCUT2D eigenvalue weighted by Crippen LogP contribution is -2.46. The first kappa shape index (κ1) is 12.4. The van der Waals surface area contributed by atoms with Crippen LogP contribution in [0.25, 0.3) is 0 Å². The Morgan fingerprint density at radius 1 is 1.40 bits per heavy atom. The molecule has 0 aromatic carbocycles. The molecule has 0 atom stereocenters. The van der Waals surface area contributed by atoms with Crippen LogP contribution in [0.15, 0.2) is 0 Å². The minimum atomic E-state index is 0.107. The fraction of sp³-hybridized carbons (Fsp3) is 0.900. The molecule has 1 aliphatic rings. The summed E-state index contributed by atoms with van der Waals surface area (Å²) >= 11 is 0. The van der Waals surface area contributed by atoms with Crippen LogP contribution >= 0.6 is 0 Å². The van der Waals surface area contributed by atoms with E-state index in [4.69, 9.17) is 0 Å². The van der Waals surface area contributed by atoms with Crippen molar-refractivity contribution in [3.8, 4) is 0 Å². The van der Waals surface area contributed by atoms with Gasteiger partial charge in [-0.15, -0.1) is 0 Å². The van der Waals surface area contributed by atoms with Gasteiger partial charge in [0.25, 0.3) is 0 Å². The summed E-state index contributed by atoms with van der Waals surface area (Å²) in [6, 6.07) is 0. The van der Waals surface area contributed by atoms with Gasteiger partial charge in [0.2, 0.25) is 5.91 Å². The van der Waals surface area contributed by atoms with Gasteiger partial charge in [0, 0.05) is 39.3 Å². The predicted octanol–water partition coefficient (Wildman–Crippen LogP) is -1.43. The van der Waals surface area contributed by atoms with Gasteiger partial charge in [-0.2, -0.15) is 0 Å². The highest BCUT2D eigenvalue weighted by Gasteiger charge is 2.09. The molecule has 1 amide bonds. The van der Waals surface area contributed by atoms with E-state index in [0.29, 0.717) is 6.54 Å². The Kier molecular flexibility index (Phi) is 5.60. The van der Waals surface area contributed by atoms with Crippen molar-refractivity contribution in [2.45, 2.75) is 0 Å². The SMILES string of the molecule is CN(C)CC(=O)NCCN1CCNCC1. The maximum Gasteiger partial charge on any atom is 0.234 e. The maximum absolute atomic E-state index is 11.3. The predicted molar refractivity (Wildman–Crippen MR) is 60.9 cm³/mol. The van der Waals surface area contributed by atoms with Gasteiger partial charge in [-0.3, -0.25) is 9.69 Å². The lowest BCUT2D eigenvalue weighted by molar-refractivity contribution is -0.121. The van der Waals surface area contributed by atoms with E-state index < -0.39 is 0 Å². The summed E-state index contributed by atoms with van der Waals surface area (Å²) in [4.78, 5) is 15.6. The summed E-state index contributed by atoms with van der Waals surface area (Å²) < 4.78 is 0. The first-order chi connectivity index (χ1) is 7.18. The van der Waals surface area contributed by atoms with Gasteiger partial charge in [-0.1, -0.05) is 0 Å². The molecule has 0 radical (unpaired) electrons. The van der Waals surface area contributed by atoms with Crippen LogP contribution in [-0.2, 0) is 4.79 Å². The summed E-state index contributed by atoms with van der Waals surface area (Å²) in [7, 11) is 3.80. The molecule has 15 heavy (non-hydrogen) atoms. The summed E-state index contributed by atoms with van der Waals surface area (Å²) in [6.07, 6.45) is 0. The Hall–Kier alpha value is -0.650. The maximum atomic E-state index is 11.3. The molecule has 5 nitrogen and oxygen atoms in total. The molecule has 88 valence electrons. The molecule has 5 heteroatoms. The van der Waals surface area contributed by atoms with Crippen molar-refractivity contribution >= 4 is 5.91 Å². The number of likely N-dealkylation sites (N-methyl/N-ethyl adjacent to an activating group) is 1. The van der Waals surface area contributed by atoms with Gasteiger partial charge in [0.05, 0.1) is 6.54 Å². The number of hydrogen-bond donors (Lipinski definition) is 2. The fourth-order valence-electron chi connectivity index (χ4n) is 1.63. The van der Waals surface area contributed by atoms with Crippen molar-refractivity contribution < 1.29 is 4.79 Å². The van der Waals surface area contributed by atoms with Gasteiger partial charge < -0.3 is 15.5 Å². The van der Waals surface area contributed by atoms with Crippen LogP contribution in [0.2, 0.25) is 0 Å². The van der Waals surface area contributed by atoms with Gasteiger partial charge >= 0.3 is 0 Å². The Bertz CT molecular complexity index is 190. The molecule has 1 heterocycles. The molecule has 1 rings (SSSR count). The van der Waals surface area contributed by atoms with Crippen molar-refractivity contribution in [3.63, 3.8) is 0 Å². The van der Waals surface area contributed by atoms with Crippen molar-refractivity contribution in [2.75, 3.05) is 59.9 Å². The van der Waals surface area contributed by atoms with E-state index in [1.807, 2.05) is 19.0 Å². The van der Waals surface area contributed by atoms with Crippen molar-refractivity contribution in [1.29, 1.82) is 0 Å². The standard InChI is InChI=1S/C10H22N4O/c1-13(2)9-10(15)12-5-8-14-6-3-11-4-7-14/h11H,3-9H2,1-2H3,(H,12,15). The van der Waals surface area contributed by atoms with Gasteiger partial charge in [-0.25, -0.2) is 0 Å². The molecule has 0 aromatic heterocycles. The summed E-state index contributed by atoms with van der Waals surface area (Å²) in [6.45, 7) is 6.49. The zero-order valence-electron chi connectivity index (χ0n) is 9.75. The molecule has 0 bridgehead atoms. The normalized spacial score (nSPS) is 18.1. The molecule has 0 unspecified atom stereocenters. The topological polar surface area (TPSA) is 47.6 Å². The second-order valence-electron chi connectivity index (χ2n) is 4.18. The molecule has 1 aliphatic heterocycles. The van der Waals surface area contributed by atoms with Crippen molar-refractivity contribution in [1.82, 2.24) is 20.4 Å². The molecule has 0 saturated carbocycles. The largest absolute Gasteiger partial charge is 0.354 e. The number of hydrogen-bond acceptors (Lipinski definition) is 4. The van der Waals surface area contributed by atoms with Crippen LogP contribution in [-0.4, -0.2) is 75.6 Å². The average molecular weight is 214 g/mol. The van der Waals surface area contributed by atoms with E-state index >= 15 is 0 Å². The van der Waals surface area contributed by atoms with E-state index in [1.54, 1.807) is 0 Å². The Balaban J connectivity index is 2.02. The molecule has 0 aliphatic carbocycles. The van der Waals surface area contributed by atoms with E-state index in [1.165, 1.54) is 0 Å². The molecule has 2 N–H and O–H groups in total. The minimum absolute atomic E-state index is 0.107. The number of carbonyl (C=O) groups excluding carboxylic acids is 1. The van der Waals surface area contributed by atoms with Gasteiger partial charge in [-0.05, 0) is 14.1 Å². The molecule has 0 aromatic rings. The summed E-state index contributed by atoms with van der Waals surface area (Å²) in [5.74, 6) is 0.107. The zero-order valence-corrected chi connectivity index (χ0v) is 9.75. The minimum Gasteiger partial charge on any atom is -0.354 e. The van der Waals surface area contributed by atoms with E-state index in [2.05, 4.69) is 15.5 Å². The highest BCUT2D eigenvalue weighted by molar-refractivity contribution is 5.77. The van der Waals surface area contributed by atoms with E-state index in [-0.39, 0.29) is 5.91 Å². The molecule has 1 saturated heterocycles. The molecular weight excluding hydrogens is 192 g/mol. The highest BCUT2D eigenvalue weighted by atomic mass is 16.2. The third-order valence-electron chi connectivity index (χ3n) is 2.42. The third kappa shape index (κ3) is 5.71. The van der Waals surface area contributed by atoms with Crippen LogP contribution < -0.4 is 10.6 Å². The fourth-order valence-corrected chi connectivity index (χ4v) is 1.63. The highest BCUT2D eigenvalue weighted by Crippen LogP contribution is 1.89. The average Bonchev–Trinajstić information content (AvgIpc) is 2.18. The van der Waals surface area contributed by atoms with Crippen LogP contribution in [0.5, 0.6) is 0 Å². The van der Waals surface area contributed by atoms with Gasteiger partial charge in [0.15, 0.2) is 0 Å². The monoisotopic (exact) mass is 214 g/mol. The number of nitrogens with zero attached hydrogens (tertiary/aromatic N) is 2. The number of rotatable bonds is 5. The molecule has 0 spiro atoms. The Morgan fingerprint density at radius 2 is 2.07 bits per heavy atom. The van der Waals surface area contributed by atoms with Gasteiger partial charge in [0.1, 0.15) is 0 Å². The second-order valence-corrected chi connectivity index (χ2v) is 4.18. The zero-order chi connectivity index (χ0) is 11.1. The first-order valence-electron chi connectivity index (χ1n) is 5.53. The van der Waals surface area contributed by atoms with Crippen molar-refractivity contribution in [3.05, 3.63) is 0 Å². The number of nitrogens with one attached hydrogen (secondary N) is 2. The second kappa shape index (κ2) is 6.76. The summed E-state index contributed by atoms with van der Waals surface area (Å²) in [5.41, 5.74) is 0. The molecular formula is C10H22N4O. The Morgan fingerprint density at radius 3 is 2.67 bits per heavy atom. The van der Waals surface area contributed by atoms with Crippen LogP contribution in [0.4, 0.5) is 0 Å². The smallest absolute Gasteiger partial charge is 0.234 e. The number of carbonyl (C=O) groups is 1. The third-order valence-corrected chi connectivity index (χ3v) is 2.42.